The first kappa shape index (κ1) is 17.7. The molecule has 0 spiro atoms. The molecule has 0 radical (unpaired) electrons. The van der Waals surface area contributed by atoms with Gasteiger partial charge in [-0.3, -0.25) is 14.6 Å². The van der Waals surface area contributed by atoms with Crippen LogP contribution in [-0.4, -0.2) is 54.5 Å². The Balaban J connectivity index is 1.44. The average molecular weight is 350 g/mol. The Hall–Kier alpha value is -1.10. The van der Waals surface area contributed by atoms with Crippen LogP contribution in [0.15, 0.2) is 24.3 Å². The summed E-state index contributed by atoms with van der Waals surface area (Å²) in [6, 6.07) is 8.34. The van der Waals surface area contributed by atoms with Gasteiger partial charge in [-0.15, -0.1) is 0 Å². The quantitative estimate of drug-likeness (QED) is 0.887. The minimum absolute atomic E-state index is 0.190. The Morgan fingerprint density at radius 3 is 2.50 bits per heavy atom. The average Bonchev–Trinajstić information content (AvgIpc) is 2.58. The summed E-state index contributed by atoms with van der Waals surface area (Å²) in [6.45, 7) is 5.67. The third kappa shape index (κ3) is 5.47. The molecule has 1 aromatic carbocycles. The molecule has 5 heteroatoms. The number of amides is 1. The SMILES string of the molecule is O=C(CN1CCCCC1)N[C@@H]1CCCN(Cc2ccc(Cl)cc2)C1. The zero-order valence-electron chi connectivity index (χ0n) is 14.3. The van der Waals surface area contributed by atoms with Crippen LogP contribution in [0.4, 0.5) is 0 Å². The van der Waals surface area contributed by atoms with Crippen molar-refractivity contribution in [1.82, 2.24) is 15.1 Å². The molecule has 132 valence electrons. The fourth-order valence-corrected chi connectivity index (χ4v) is 3.88. The Bertz CT molecular complexity index is 528. The summed E-state index contributed by atoms with van der Waals surface area (Å²) < 4.78 is 0. The van der Waals surface area contributed by atoms with Gasteiger partial charge in [0.25, 0.3) is 0 Å². The first-order chi connectivity index (χ1) is 11.7. The summed E-state index contributed by atoms with van der Waals surface area (Å²) >= 11 is 5.95. The molecule has 3 rings (SSSR count). The van der Waals surface area contributed by atoms with E-state index in [4.69, 9.17) is 11.6 Å². The highest BCUT2D eigenvalue weighted by Gasteiger charge is 2.22. The number of nitrogens with one attached hydrogen (secondary N) is 1. The van der Waals surface area contributed by atoms with Crippen LogP contribution in [0.1, 0.15) is 37.7 Å². The molecule has 0 saturated carbocycles. The zero-order chi connectivity index (χ0) is 16.8. The largest absolute Gasteiger partial charge is 0.351 e. The fourth-order valence-electron chi connectivity index (χ4n) is 3.76. The number of likely N-dealkylation sites (tertiary alicyclic amines) is 2. The van der Waals surface area contributed by atoms with Gasteiger partial charge in [0.2, 0.25) is 5.91 Å². The van der Waals surface area contributed by atoms with Gasteiger partial charge in [-0.25, -0.2) is 0 Å². The Morgan fingerprint density at radius 1 is 1.04 bits per heavy atom. The number of hydrogen-bond acceptors (Lipinski definition) is 3. The smallest absolute Gasteiger partial charge is 0.234 e. The number of carbonyl (C=O) groups excluding carboxylic acids is 1. The molecule has 2 aliphatic rings. The lowest BCUT2D eigenvalue weighted by molar-refractivity contribution is -0.123. The Labute approximate surface area is 150 Å². The lowest BCUT2D eigenvalue weighted by Crippen LogP contribution is -2.50. The number of halogens is 1. The summed E-state index contributed by atoms with van der Waals surface area (Å²) in [7, 11) is 0. The van der Waals surface area contributed by atoms with E-state index in [0.717, 1.165) is 50.6 Å². The van der Waals surface area contributed by atoms with E-state index in [0.29, 0.717) is 6.54 Å². The maximum Gasteiger partial charge on any atom is 0.234 e. The summed E-state index contributed by atoms with van der Waals surface area (Å²) in [5, 5.41) is 4.03. The second kappa shape index (κ2) is 8.84. The molecule has 1 amide bonds. The van der Waals surface area contributed by atoms with Crippen LogP contribution < -0.4 is 5.32 Å². The molecule has 24 heavy (non-hydrogen) atoms. The molecule has 0 bridgehead atoms. The summed E-state index contributed by atoms with van der Waals surface area (Å²) in [5.74, 6) is 0.190. The van der Waals surface area contributed by atoms with Crippen LogP contribution >= 0.6 is 11.6 Å². The number of carbonyl (C=O) groups is 1. The van der Waals surface area contributed by atoms with Crippen molar-refractivity contribution in [2.24, 2.45) is 0 Å². The van der Waals surface area contributed by atoms with Crippen molar-refractivity contribution in [1.29, 1.82) is 0 Å². The van der Waals surface area contributed by atoms with E-state index in [9.17, 15) is 4.79 Å². The maximum atomic E-state index is 12.3. The normalized spacial score (nSPS) is 23.1. The highest BCUT2D eigenvalue weighted by Crippen LogP contribution is 2.16. The van der Waals surface area contributed by atoms with Gasteiger partial charge >= 0.3 is 0 Å². The minimum Gasteiger partial charge on any atom is -0.351 e. The Kier molecular flexibility index (Phi) is 6.52. The predicted octanol–water partition coefficient (Wildman–Crippen LogP) is 2.91. The van der Waals surface area contributed by atoms with Crippen LogP contribution in [0, 0.1) is 0 Å². The second-order valence-electron chi connectivity index (χ2n) is 7.11. The van der Waals surface area contributed by atoms with Crippen molar-refractivity contribution in [3.8, 4) is 0 Å². The minimum atomic E-state index is 0.190. The van der Waals surface area contributed by atoms with Crippen LogP contribution in [-0.2, 0) is 11.3 Å². The van der Waals surface area contributed by atoms with E-state index in [1.807, 2.05) is 12.1 Å². The van der Waals surface area contributed by atoms with Crippen molar-refractivity contribution in [2.75, 3.05) is 32.7 Å². The number of hydrogen-bond donors (Lipinski definition) is 1. The van der Waals surface area contributed by atoms with Crippen LogP contribution in [0.5, 0.6) is 0 Å². The molecule has 2 aliphatic heterocycles. The molecule has 2 heterocycles. The first-order valence-electron chi connectivity index (χ1n) is 9.17. The van der Waals surface area contributed by atoms with Crippen LogP contribution in [0.3, 0.4) is 0 Å². The molecule has 1 N–H and O–H groups in total. The molecule has 0 aromatic heterocycles. The zero-order valence-corrected chi connectivity index (χ0v) is 15.1. The fraction of sp³-hybridized carbons (Fsp3) is 0.632. The van der Waals surface area contributed by atoms with E-state index in [-0.39, 0.29) is 11.9 Å². The molecular formula is C19H28ClN3O. The lowest BCUT2D eigenvalue weighted by Gasteiger charge is -2.34. The van der Waals surface area contributed by atoms with Crippen LogP contribution in [0.2, 0.25) is 5.02 Å². The van der Waals surface area contributed by atoms with Gasteiger partial charge in [-0.1, -0.05) is 30.2 Å². The topological polar surface area (TPSA) is 35.6 Å². The van der Waals surface area contributed by atoms with Gasteiger partial charge in [0.15, 0.2) is 0 Å². The standard InChI is InChI=1S/C19H28ClN3O/c20-17-8-6-16(7-9-17)13-23-12-4-5-18(14-23)21-19(24)15-22-10-2-1-3-11-22/h6-9,18H,1-5,10-15H2,(H,21,24)/t18-/m1/s1. The second-order valence-corrected chi connectivity index (χ2v) is 7.54. The third-order valence-electron chi connectivity index (χ3n) is 5.01. The van der Waals surface area contributed by atoms with Gasteiger partial charge in [0.1, 0.15) is 0 Å². The molecular weight excluding hydrogens is 322 g/mol. The van der Waals surface area contributed by atoms with Crippen molar-refractivity contribution in [3.05, 3.63) is 34.9 Å². The third-order valence-corrected chi connectivity index (χ3v) is 5.26. The van der Waals surface area contributed by atoms with Gasteiger partial charge in [0.05, 0.1) is 6.54 Å². The van der Waals surface area contributed by atoms with Crippen molar-refractivity contribution >= 4 is 17.5 Å². The Morgan fingerprint density at radius 2 is 1.75 bits per heavy atom. The lowest BCUT2D eigenvalue weighted by atomic mass is 10.0. The van der Waals surface area contributed by atoms with Gasteiger partial charge in [-0.05, 0) is 63.0 Å². The number of rotatable bonds is 5. The van der Waals surface area contributed by atoms with Gasteiger partial charge in [0, 0.05) is 24.2 Å². The number of benzene rings is 1. The van der Waals surface area contributed by atoms with Gasteiger partial charge in [-0.2, -0.15) is 0 Å². The highest BCUT2D eigenvalue weighted by atomic mass is 35.5. The molecule has 2 fully saturated rings. The molecule has 0 unspecified atom stereocenters. The van der Waals surface area contributed by atoms with Gasteiger partial charge < -0.3 is 5.32 Å². The molecule has 0 aliphatic carbocycles. The van der Waals surface area contributed by atoms with Crippen molar-refractivity contribution < 1.29 is 4.79 Å². The van der Waals surface area contributed by atoms with E-state index in [2.05, 4.69) is 27.2 Å². The van der Waals surface area contributed by atoms with E-state index in [1.165, 1.54) is 24.8 Å². The molecule has 4 nitrogen and oxygen atoms in total. The summed E-state index contributed by atoms with van der Waals surface area (Å²) in [4.78, 5) is 17.0. The highest BCUT2D eigenvalue weighted by molar-refractivity contribution is 6.30. The molecule has 1 atom stereocenters. The van der Waals surface area contributed by atoms with E-state index >= 15 is 0 Å². The van der Waals surface area contributed by atoms with Crippen LogP contribution in [0.25, 0.3) is 0 Å². The monoisotopic (exact) mass is 349 g/mol. The maximum absolute atomic E-state index is 12.3. The van der Waals surface area contributed by atoms with E-state index < -0.39 is 0 Å². The van der Waals surface area contributed by atoms with Crippen molar-refractivity contribution in [2.45, 2.75) is 44.7 Å². The summed E-state index contributed by atoms with van der Waals surface area (Å²) in [6.07, 6.45) is 5.99. The van der Waals surface area contributed by atoms with E-state index in [1.54, 1.807) is 0 Å². The molecule has 1 aromatic rings. The first-order valence-corrected chi connectivity index (χ1v) is 9.55. The predicted molar refractivity (Wildman–Crippen MR) is 98.2 cm³/mol. The number of piperidine rings is 2. The van der Waals surface area contributed by atoms with Crippen molar-refractivity contribution in [3.63, 3.8) is 0 Å². The number of nitrogens with zero attached hydrogens (tertiary/aromatic N) is 2. The summed E-state index contributed by atoms with van der Waals surface area (Å²) in [5.41, 5.74) is 1.28. The molecule has 2 saturated heterocycles.